The maximum atomic E-state index is 11.7. The molecule has 5 atom stereocenters. The standard InChI is InChI=1S/C17H33NO8/c1-4-6-23-8-9-24-7-5-18-14(19)11-25-10-13-12(2)15(20)16(21)17(22-3)26-13/h12-13,15-17,20-21H,4-11H2,1-3H3,(H,18,19)/t12-,13?,15?,16?,17-/m1/s1. The van der Waals surface area contributed by atoms with Gasteiger partial charge >= 0.3 is 0 Å². The molecule has 1 heterocycles. The second kappa shape index (κ2) is 13.4. The van der Waals surface area contributed by atoms with Gasteiger partial charge in [-0.1, -0.05) is 13.8 Å². The molecule has 1 saturated heterocycles. The van der Waals surface area contributed by atoms with Crippen LogP contribution < -0.4 is 5.32 Å². The van der Waals surface area contributed by atoms with E-state index in [-0.39, 0.29) is 25.0 Å². The highest BCUT2D eigenvalue weighted by Gasteiger charge is 2.42. The smallest absolute Gasteiger partial charge is 0.246 e. The third kappa shape index (κ3) is 8.26. The minimum Gasteiger partial charge on any atom is -0.390 e. The minimum atomic E-state index is -1.11. The number of carbonyl (C=O) groups excluding carboxylic acids is 1. The first-order valence-electron chi connectivity index (χ1n) is 9.05. The van der Waals surface area contributed by atoms with Crippen LogP contribution in [0.15, 0.2) is 0 Å². The Morgan fingerprint density at radius 2 is 1.77 bits per heavy atom. The lowest BCUT2D eigenvalue weighted by molar-refractivity contribution is -0.282. The molecule has 1 fully saturated rings. The summed E-state index contributed by atoms with van der Waals surface area (Å²) in [6, 6.07) is 0. The number of hydrogen-bond donors (Lipinski definition) is 3. The number of hydrogen-bond acceptors (Lipinski definition) is 8. The summed E-state index contributed by atoms with van der Waals surface area (Å²) < 4.78 is 26.5. The zero-order valence-corrected chi connectivity index (χ0v) is 15.9. The molecule has 1 aliphatic heterocycles. The second-order valence-corrected chi connectivity index (χ2v) is 6.21. The van der Waals surface area contributed by atoms with Gasteiger partial charge in [0.05, 0.1) is 38.6 Å². The summed E-state index contributed by atoms with van der Waals surface area (Å²) in [6.45, 7) is 6.35. The van der Waals surface area contributed by atoms with Crippen molar-refractivity contribution in [1.29, 1.82) is 0 Å². The van der Waals surface area contributed by atoms with Crippen molar-refractivity contribution >= 4 is 5.91 Å². The van der Waals surface area contributed by atoms with Gasteiger partial charge in [0.15, 0.2) is 6.29 Å². The van der Waals surface area contributed by atoms with E-state index in [0.29, 0.717) is 26.4 Å². The molecule has 0 saturated carbocycles. The van der Waals surface area contributed by atoms with Crippen molar-refractivity contribution in [3.63, 3.8) is 0 Å². The van der Waals surface area contributed by atoms with E-state index >= 15 is 0 Å². The van der Waals surface area contributed by atoms with E-state index < -0.39 is 24.6 Å². The number of methoxy groups -OCH3 is 1. The fourth-order valence-electron chi connectivity index (χ4n) is 2.50. The van der Waals surface area contributed by atoms with Gasteiger partial charge in [0.1, 0.15) is 12.7 Å². The molecule has 0 radical (unpaired) electrons. The number of carbonyl (C=O) groups is 1. The van der Waals surface area contributed by atoms with Gasteiger partial charge < -0.3 is 39.2 Å². The summed E-state index contributed by atoms with van der Waals surface area (Å²) in [5.41, 5.74) is 0. The molecule has 0 aliphatic carbocycles. The lowest BCUT2D eigenvalue weighted by Crippen LogP contribution is -2.55. The Labute approximate surface area is 154 Å². The van der Waals surface area contributed by atoms with Crippen LogP contribution in [0, 0.1) is 5.92 Å². The summed E-state index contributed by atoms with van der Waals surface area (Å²) in [4.78, 5) is 11.7. The van der Waals surface area contributed by atoms with Gasteiger partial charge in [-0.2, -0.15) is 0 Å². The van der Waals surface area contributed by atoms with Crippen LogP contribution in [0.4, 0.5) is 0 Å². The molecule has 9 nitrogen and oxygen atoms in total. The molecule has 154 valence electrons. The van der Waals surface area contributed by atoms with Gasteiger partial charge in [-0.25, -0.2) is 0 Å². The first-order valence-corrected chi connectivity index (χ1v) is 9.05. The Morgan fingerprint density at radius 1 is 1.08 bits per heavy atom. The first-order chi connectivity index (χ1) is 12.5. The largest absolute Gasteiger partial charge is 0.390 e. The zero-order chi connectivity index (χ0) is 19.4. The third-order valence-corrected chi connectivity index (χ3v) is 4.10. The summed E-state index contributed by atoms with van der Waals surface area (Å²) in [5, 5.41) is 22.5. The van der Waals surface area contributed by atoms with Gasteiger partial charge in [0.25, 0.3) is 0 Å². The molecular weight excluding hydrogens is 346 g/mol. The van der Waals surface area contributed by atoms with E-state index in [2.05, 4.69) is 5.32 Å². The molecular formula is C17H33NO8. The van der Waals surface area contributed by atoms with Crippen LogP contribution in [-0.4, -0.2) is 94.0 Å². The molecule has 0 spiro atoms. The lowest BCUT2D eigenvalue weighted by Gasteiger charge is -2.40. The predicted octanol–water partition coefficient (Wildman–Crippen LogP) is -0.708. The van der Waals surface area contributed by atoms with E-state index in [1.807, 2.05) is 6.92 Å². The van der Waals surface area contributed by atoms with Gasteiger partial charge in [0, 0.05) is 26.2 Å². The maximum Gasteiger partial charge on any atom is 0.246 e. The van der Waals surface area contributed by atoms with Gasteiger partial charge in [-0.3, -0.25) is 4.79 Å². The highest BCUT2D eigenvalue weighted by atomic mass is 16.7. The summed E-state index contributed by atoms with van der Waals surface area (Å²) in [7, 11) is 1.39. The van der Waals surface area contributed by atoms with E-state index in [4.69, 9.17) is 23.7 Å². The SMILES string of the molecule is CCCOCCOCCNC(=O)COCC1O[C@@H](OC)C(O)C(O)[C@@H]1C. The first kappa shape index (κ1) is 23.2. The van der Waals surface area contributed by atoms with Gasteiger partial charge in [-0.15, -0.1) is 0 Å². The van der Waals surface area contributed by atoms with Gasteiger partial charge in [-0.05, 0) is 6.42 Å². The number of aliphatic hydroxyl groups excluding tert-OH is 2. The van der Waals surface area contributed by atoms with Crippen molar-refractivity contribution in [2.45, 2.75) is 44.9 Å². The average molecular weight is 379 g/mol. The van der Waals surface area contributed by atoms with Crippen molar-refractivity contribution < 1.29 is 38.7 Å². The molecule has 0 aromatic heterocycles. The van der Waals surface area contributed by atoms with Crippen LogP contribution in [0.3, 0.4) is 0 Å². The van der Waals surface area contributed by atoms with Crippen LogP contribution in [0.2, 0.25) is 0 Å². The molecule has 1 amide bonds. The molecule has 3 N–H and O–H groups in total. The van der Waals surface area contributed by atoms with Crippen LogP contribution in [-0.2, 0) is 28.5 Å². The molecule has 0 aromatic carbocycles. The zero-order valence-electron chi connectivity index (χ0n) is 15.9. The minimum absolute atomic E-state index is 0.115. The molecule has 9 heteroatoms. The van der Waals surface area contributed by atoms with E-state index in [1.54, 1.807) is 6.92 Å². The number of nitrogens with one attached hydrogen (secondary N) is 1. The van der Waals surface area contributed by atoms with Crippen LogP contribution in [0.1, 0.15) is 20.3 Å². The average Bonchev–Trinajstić information content (AvgIpc) is 2.64. The lowest BCUT2D eigenvalue weighted by atomic mass is 9.91. The van der Waals surface area contributed by atoms with Crippen LogP contribution in [0.25, 0.3) is 0 Å². The summed E-state index contributed by atoms with van der Waals surface area (Å²) in [5.74, 6) is -0.606. The molecule has 3 unspecified atom stereocenters. The third-order valence-electron chi connectivity index (χ3n) is 4.10. The Bertz CT molecular complexity index is 382. The van der Waals surface area contributed by atoms with Crippen LogP contribution in [0.5, 0.6) is 0 Å². The highest BCUT2D eigenvalue weighted by Crippen LogP contribution is 2.26. The van der Waals surface area contributed by atoms with Gasteiger partial charge in [0.2, 0.25) is 5.91 Å². The number of rotatable bonds is 13. The predicted molar refractivity (Wildman–Crippen MR) is 92.6 cm³/mol. The second-order valence-electron chi connectivity index (χ2n) is 6.21. The van der Waals surface area contributed by atoms with Crippen molar-refractivity contribution in [2.75, 3.05) is 53.3 Å². The molecule has 1 aliphatic rings. The Balaban J connectivity index is 2.10. The molecule has 1 rings (SSSR count). The van der Waals surface area contributed by atoms with Crippen molar-refractivity contribution in [1.82, 2.24) is 5.32 Å². The molecule has 0 aromatic rings. The fraction of sp³-hybridized carbons (Fsp3) is 0.941. The Hall–Kier alpha value is -0.810. The number of ether oxygens (including phenoxy) is 5. The van der Waals surface area contributed by atoms with E-state index in [0.717, 1.165) is 13.0 Å². The quantitative estimate of drug-likeness (QED) is 0.360. The highest BCUT2D eigenvalue weighted by molar-refractivity contribution is 5.77. The number of amides is 1. The Kier molecular flexibility index (Phi) is 11.9. The van der Waals surface area contributed by atoms with Crippen LogP contribution >= 0.6 is 0 Å². The van der Waals surface area contributed by atoms with E-state index in [1.165, 1.54) is 7.11 Å². The van der Waals surface area contributed by atoms with Crippen molar-refractivity contribution in [3.05, 3.63) is 0 Å². The normalized spacial score (nSPS) is 28.9. The monoisotopic (exact) mass is 379 g/mol. The fourth-order valence-corrected chi connectivity index (χ4v) is 2.50. The topological polar surface area (TPSA) is 116 Å². The molecule has 26 heavy (non-hydrogen) atoms. The number of aliphatic hydroxyl groups is 2. The summed E-state index contributed by atoms with van der Waals surface area (Å²) >= 11 is 0. The Morgan fingerprint density at radius 3 is 2.42 bits per heavy atom. The van der Waals surface area contributed by atoms with Crippen molar-refractivity contribution in [3.8, 4) is 0 Å². The van der Waals surface area contributed by atoms with Crippen molar-refractivity contribution in [2.24, 2.45) is 5.92 Å². The summed E-state index contributed by atoms with van der Waals surface area (Å²) in [6.07, 6.45) is -2.50. The van der Waals surface area contributed by atoms with E-state index in [9.17, 15) is 15.0 Å². The molecule has 0 bridgehead atoms. The maximum absolute atomic E-state index is 11.7.